The number of amides is 2. The number of halogens is 1. The highest BCUT2D eigenvalue weighted by Crippen LogP contribution is 2.41. The lowest BCUT2D eigenvalue weighted by Gasteiger charge is -2.37. The molecule has 2 amide bonds. The fourth-order valence-electron chi connectivity index (χ4n) is 7.14. The van der Waals surface area contributed by atoms with Gasteiger partial charge in [0.15, 0.2) is 0 Å². The first-order chi connectivity index (χ1) is 26.0. The zero-order chi connectivity index (χ0) is 38.0. The number of piperidine rings is 1. The molecule has 54 heavy (non-hydrogen) atoms. The molecular weight excluding hydrogens is 769 g/mol. The topological polar surface area (TPSA) is 155 Å². The van der Waals surface area contributed by atoms with E-state index in [9.17, 15) is 14.2 Å². The Hall–Kier alpha value is -4.91. The molecule has 0 bridgehead atoms. The van der Waals surface area contributed by atoms with Crippen LogP contribution in [0.1, 0.15) is 35.4 Å². The second kappa shape index (κ2) is 15.8. The van der Waals surface area contributed by atoms with Crippen molar-refractivity contribution in [1.82, 2.24) is 30.2 Å². The minimum absolute atomic E-state index is 0.191. The molecule has 3 aromatic carbocycles. The summed E-state index contributed by atoms with van der Waals surface area (Å²) >= 11 is 3.57. The maximum Gasteiger partial charge on any atom is 0.234 e. The van der Waals surface area contributed by atoms with E-state index in [1.807, 2.05) is 24.3 Å². The highest BCUT2D eigenvalue weighted by Gasteiger charge is 2.28. The third-order valence-corrected chi connectivity index (χ3v) is 12.1. The summed E-state index contributed by atoms with van der Waals surface area (Å²) in [7, 11) is -1.11. The molecule has 4 heterocycles. The predicted molar refractivity (Wildman–Crippen MR) is 217 cm³/mol. The third kappa shape index (κ3) is 8.25. The number of aromatic nitrogens is 4. The van der Waals surface area contributed by atoms with Gasteiger partial charge in [-0.25, -0.2) is 4.98 Å². The number of imide groups is 1. The molecule has 2 saturated heterocycles. The number of piperazine rings is 1. The van der Waals surface area contributed by atoms with Crippen LogP contribution >= 0.6 is 23.1 Å². The Morgan fingerprint density at radius 3 is 2.44 bits per heavy atom. The van der Waals surface area contributed by atoms with Crippen molar-refractivity contribution >= 4 is 80.1 Å². The van der Waals surface area contributed by atoms with Crippen molar-refractivity contribution in [3.63, 3.8) is 0 Å². The van der Waals surface area contributed by atoms with Crippen molar-refractivity contribution in [2.24, 2.45) is 0 Å². The highest BCUT2D eigenvalue weighted by atomic mass is 79.9. The van der Waals surface area contributed by atoms with E-state index in [-0.39, 0.29) is 17.7 Å². The molecule has 1 atom stereocenters. The van der Waals surface area contributed by atoms with Crippen LogP contribution in [0, 0.1) is 6.92 Å². The van der Waals surface area contributed by atoms with Crippen LogP contribution in [0.3, 0.4) is 0 Å². The number of hydrogen-bond donors (Lipinski definition) is 3. The van der Waals surface area contributed by atoms with Gasteiger partial charge in [-0.05, 0) is 83.9 Å². The van der Waals surface area contributed by atoms with Gasteiger partial charge in [-0.2, -0.15) is 4.98 Å². The predicted octanol–water partition coefficient (Wildman–Crippen LogP) is 6.12. The Morgan fingerprint density at radius 2 is 1.72 bits per heavy atom. The Morgan fingerprint density at radius 1 is 0.963 bits per heavy atom. The van der Waals surface area contributed by atoms with Crippen molar-refractivity contribution < 1.29 is 18.9 Å². The number of fused-ring (bicyclic) bond motifs is 1. The van der Waals surface area contributed by atoms with Gasteiger partial charge in [0.1, 0.15) is 24.2 Å². The molecule has 2 aliphatic heterocycles. The molecule has 2 fully saturated rings. The highest BCUT2D eigenvalue weighted by molar-refractivity contribution is 9.10. The first-order valence-corrected chi connectivity index (χ1v) is 21.3. The lowest BCUT2D eigenvalue weighted by molar-refractivity contribution is -0.134. The Balaban J connectivity index is 0.989. The Bertz CT molecular complexity index is 2260. The van der Waals surface area contributed by atoms with Crippen LogP contribution in [0.15, 0.2) is 71.6 Å². The monoisotopic (exact) mass is 811 g/mol. The number of carbonyl (C=O) groups is 2. The second-order valence-electron chi connectivity index (χ2n) is 14.0. The number of rotatable bonds is 11. The molecule has 5 aromatic rings. The summed E-state index contributed by atoms with van der Waals surface area (Å²) in [6.45, 7) is 10.1. The standard InChI is InChI=1S/C39H43BrN9O4P/c1-24-21-31(45-39-43-23-28(40)37(47-39)44-30-11-10-29-35(42-15-14-41-29)36(30)54(3,4)52)33(53-2)22-32(24)49-19-17-48(18-20-49)16-13-25-5-7-26(8-6-25)27-9-12-34(50)46-38(27)51/h5-8,10-11,14-15,21-23,27H,9,12-13,16-20H2,1-4H3,(H,46,50,51)(H2,43,44,45,47). The van der Waals surface area contributed by atoms with Gasteiger partial charge in [0.2, 0.25) is 17.8 Å². The minimum Gasteiger partial charge on any atom is -0.494 e. The van der Waals surface area contributed by atoms with Crippen LogP contribution in [0.25, 0.3) is 11.0 Å². The van der Waals surface area contributed by atoms with Crippen molar-refractivity contribution in [3.05, 3.63) is 88.3 Å². The first-order valence-electron chi connectivity index (χ1n) is 17.9. The van der Waals surface area contributed by atoms with Gasteiger partial charge in [0, 0.05) is 69.5 Å². The number of nitrogens with one attached hydrogen (secondary N) is 3. The molecule has 13 nitrogen and oxygen atoms in total. The molecule has 0 aliphatic carbocycles. The number of methoxy groups -OCH3 is 1. The molecule has 7 rings (SSSR count). The molecule has 2 aromatic heterocycles. The van der Waals surface area contributed by atoms with Crippen molar-refractivity contribution in [2.45, 2.75) is 32.1 Å². The van der Waals surface area contributed by atoms with Crippen molar-refractivity contribution in [1.29, 1.82) is 0 Å². The van der Waals surface area contributed by atoms with E-state index >= 15 is 0 Å². The average Bonchev–Trinajstić information content (AvgIpc) is 3.15. The van der Waals surface area contributed by atoms with Crippen molar-refractivity contribution in [3.8, 4) is 5.75 Å². The lowest BCUT2D eigenvalue weighted by Crippen LogP contribution is -2.47. The van der Waals surface area contributed by atoms with Crippen LogP contribution in [-0.2, 0) is 20.6 Å². The molecule has 15 heteroatoms. The van der Waals surface area contributed by atoms with Gasteiger partial charge >= 0.3 is 0 Å². The smallest absolute Gasteiger partial charge is 0.234 e. The molecular formula is C39H43BrN9O4P. The fourth-order valence-corrected chi connectivity index (χ4v) is 8.83. The molecule has 1 unspecified atom stereocenters. The summed E-state index contributed by atoms with van der Waals surface area (Å²) in [6, 6.07) is 16.1. The third-order valence-electron chi connectivity index (χ3n) is 9.96. The number of aryl methyl sites for hydroxylation is 1. The Kier molecular flexibility index (Phi) is 11.0. The zero-order valence-corrected chi connectivity index (χ0v) is 33.2. The van der Waals surface area contributed by atoms with Crippen LogP contribution in [-0.4, -0.2) is 89.8 Å². The number of carbonyl (C=O) groups excluding carboxylic acids is 2. The van der Waals surface area contributed by atoms with Gasteiger partial charge in [0.25, 0.3) is 0 Å². The fraction of sp³-hybridized carbons (Fsp3) is 0.333. The van der Waals surface area contributed by atoms with Crippen LogP contribution in [0.4, 0.5) is 28.8 Å². The average molecular weight is 813 g/mol. The molecule has 2 aliphatic rings. The molecule has 0 radical (unpaired) electrons. The van der Waals surface area contributed by atoms with Gasteiger partial charge in [0.05, 0.1) is 39.7 Å². The van der Waals surface area contributed by atoms with E-state index < -0.39 is 7.14 Å². The van der Waals surface area contributed by atoms with E-state index in [4.69, 9.17) is 9.72 Å². The minimum atomic E-state index is -2.76. The van der Waals surface area contributed by atoms with Gasteiger partial charge < -0.3 is 24.8 Å². The van der Waals surface area contributed by atoms with Crippen molar-refractivity contribution in [2.75, 3.05) is 68.7 Å². The maximum absolute atomic E-state index is 13.4. The SMILES string of the molecule is COc1cc(N2CCN(CCc3ccc(C4CCC(=O)NC4=O)cc3)CC2)c(C)cc1Nc1ncc(Br)c(Nc2ccc3nccnc3c2P(C)(C)=O)n1. The van der Waals surface area contributed by atoms with Crippen LogP contribution in [0.2, 0.25) is 0 Å². The molecule has 280 valence electrons. The quantitative estimate of drug-likeness (QED) is 0.104. The molecule has 3 N–H and O–H groups in total. The summed E-state index contributed by atoms with van der Waals surface area (Å²) in [5.41, 5.74) is 7.06. The summed E-state index contributed by atoms with van der Waals surface area (Å²) in [5.74, 6) is 0.890. The maximum atomic E-state index is 13.4. The van der Waals surface area contributed by atoms with Crippen LogP contribution in [0.5, 0.6) is 5.75 Å². The normalized spacial score (nSPS) is 16.7. The van der Waals surface area contributed by atoms with Gasteiger partial charge in [-0.1, -0.05) is 24.3 Å². The van der Waals surface area contributed by atoms with Gasteiger partial charge in [-0.3, -0.25) is 29.8 Å². The zero-order valence-electron chi connectivity index (χ0n) is 30.7. The second-order valence-corrected chi connectivity index (χ2v) is 18.0. The molecule has 0 saturated carbocycles. The largest absolute Gasteiger partial charge is 0.494 e. The Labute approximate surface area is 322 Å². The molecule has 0 spiro atoms. The van der Waals surface area contributed by atoms with E-state index in [0.717, 1.165) is 61.6 Å². The number of hydrogen-bond acceptors (Lipinski definition) is 12. The summed E-state index contributed by atoms with van der Waals surface area (Å²) < 4.78 is 19.9. The number of ether oxygens (including phenoxy) is 1. The number of anilines is 5. The lowest BCUT2D eigenvalue weighted by atomic mass is 9.90. The van der Waals surface area contributed by atoms with E-state index in [1.165, 1.54) is 5.56 Å². The van der Waals surface area contributed by atoms with Crippen LogP contribution < -0.4 is 30.9 Å². The first kappa shape index (κ1) is 37.4. The summed E-state index contributed by atoms with van der Waals surface area (Å²) in [5, 5.41) is 9.76. The van der Waals surface area contributed by atoms with E-state index in [1.54, 1.807) is 39.0 Å². The van der Waals surface area contributed by atoms with E-state index in [0.29, 0.717) is 56.9 Å². The number of nitrogens with zero attached hydrogens (tertiary/aromatic N) is 6. The number of benzene rings is 3. The van der Waals surface area contributed by atoms with Gasteiger partial charge in [-0.15, -0.1) is 0 Å². The summed E-state index contributed by atoms with van der Waals surface area (Å²) in [6.07, 6.45) is 6.76. The summed E-state index contributed by atoms with van der Waals surface area (Å²) in [4.78, 5) is 46.8. The van der Waals surface area contributed by atoms with E-state index in [2.05, 4.69) is 87.8 Å².